The van der Waals surface area contributed by atoms with E-state index in [0.29, 0.717) is 5.69 Å². The van der Waals surface area contributed by atoms with E-state index in [1.54, 1.807) is 0 Å². The topological polar surface area (TPSA) is 56.2 Å². The summed E-state index contributed by atoms with van der Waals surface area (Å²) >= 11 is 0. The molecule has 44 valence electrons. The van der Waals surface area contributed by atoms with Crippen LogP contribution >= 0.6 is 0 Å². The second-order valence-corrected chi connectivity index (χ2v) is 1.41. The maximum Gasteiger partial charge on any atom is 0.231 e. The van der Waals surface area contributed by atoms with Crippen LogP contribution in [0.3, 0.4) is 0 Å². The minimum absolute atomic E-state index is 0.188. The van der Waals surface area contributed by atoms with Gasteiger partial charge in [0, 0.05) is 6.20 Å². The molecule has 0 aliphatic carbocycles. The second-order valence-electron chi connectivity index (χ2n) is 1.41. The van der Waals surface area contributed by atoms with E-state index in [-0.39, 0.29) is 5.82 Å². The van der Waals surface area contributed by atoms with Crippen molar-refractivity contribution in [3.8, 4) is 0 Å². The predicted molar refractivity (Wildman–Crippen MR) is 32.7 cm³/mol. The molecule has 0 atom stereocenters. The average molecular weight is 120 g/mol. The van der Waals surface area contributed by atoms with Gasteiger partial charge in [0.15, 0.2) is 5.82 Å². The SMILES string of the molecule is [C-]#[N+]c1ccnnc1N. The Bertz CT molecular complexity index is 249. The summed E-state index contributed by atoms with van der Waals surface area (Å²) in [5.74, 6) is 0.188. The highest BCUT2D eigenvalue weighted by Gasteiger charge is 1.94. The number of hydrogen-bond acceptors (Lipinski definition) is 3. The van der Waals surface area contributed by atoms with E-state index in [1.165, 1.54) is 12.3 Å². The number of hydrogen-bond donors (Lipinski definition) is 1. The van der Waals surface area contributed by atoms with Gasteiger partial charge in [-0.1, -0.05) is 0 Å². The lowest BCUT2D eigenvalue weighted by Gasteiger charge is -1.89. The number of nitrogen functional groups attached to an aromatic ring is 1. The maximum atomic E-state index is 6.56. The number of anilines is 1. The van der Waals surface area contributed by atoms with Crippen LogP contribution in [-0.4, -0.2) is 10.2 Å². The lowest BCUT2D eigenvalue weighted by atomic mass is 10.4. The Morgan fingerprint density at radius 3 is 2.89 bits per heavy atom. The van der Waals surface area contributed by atoms with Crippen LogP contribution in [0.25, 0.3) is 4.85 Å². The molecule has 1 aromatic rings. The van der Waals surface area contributed by atoms with E-state index in [1.807, 2.05) is 0 Å². The maximum absolute atomic E-state index is 6.56. The fourth-order valence-corrected chi connectivity index (χ4v) is 0.431. The molecule has 1 aromatic heterocycles. The molecule has 0 spiro atoms. The van der Waals surface area contributed by atoms with Crippen LogP contribution in [-0.2, 0) is 0 Å². The Hall–Kier alpha value is -1.63. The zero-order valence-corrected chi connectivity index (χ0v) is 4.57. The zero-order valence-electron chi connectivity index (χ0n) is 4.57. The molecule has 9 heavy (non-hydrogen) atoms. The first kappa shape index (κ1) is 5.51. The van der Waals surface area contributed by atoms with Crippen LogP contribution in [0.2, 0.25) is 0 Å². The summed E-state index contributed by atoms with van der Waals surface area (Å²) in [5.41, 5.74) is 5.60. The molecule has 1 rings (SSSR count). The van der Waals surface area contributed by atoms with Gasteiger partial charge in [-0.25, -0.2) is 4.85 Å². The summed E-state index contributed by atoms with van der Waals surface area (Å²) in [6.07, 6.45) is 1.43. The normalized spacial score (nSPS) is 8.33. The minimum atomic E-state index is 0.188. The molecular weight excluding hydrogens is 116 g/mol. The van der Waals surface area contributed by atoms with Gasteiger partial charge in [0.25, 0.3) is 0 Å². The fourth-order valence-electron chi connectivity index (χ4n) is 0.431. The number of aromatic nitrogens is 2. The third kappa shape index (κ3) is 0.941. The summed E-state index contributed by atoms with van der Waals surface area (Å²) in [4.78, 5) is 3.09. The zero-order chi connectivity index (χ0) is 6.69. The molecule has 4 heteroatoms. The van der Waals surface area contributed by atoms with Gasteiger partial charge in [0.05, 0.1) is 6.57 Å². The molecule has 0 radical (unpaired) electrons. The Morgan fingerprint density at radius 1 is 1.67 bits per heavy atom. The van der Waals surface area contributed by atoms with Crippen molar-refractivity contribution >= 4 is 11.5 Å². The first-order valence-electron chi connectivity index (χ1n) is 2.29. The van der Waals surface area contributed by atoms with E-state index in [4.69, 9.17) is 12.3 Å². The summed E-state index contributed by atoms with van der Waals surface area (Å²) in [5, 5.41) is 6.94. The van der Waals surface area contributed by atoms with Crippen molar-refractivity contribution < 1.29 is 0 Å². The van der Waals surface area contributed by atoms with Crippen molar-refractivity contribution in [2.24, 2.45) is 0 Å². The van der Waals surface area contributed by atoms with E-state index in [9.17, 15) is 0 Å². The van der Waals surface area contributed by atoms with Gasteiger partial charge in [-0.15, -0.1) is 5.10 Å². The standard InChI is InChI=1S/C5H4N4/c1-7-4-2-3-8-9-5(4)6/h2-3H,(H2,6,9). The first-order valence-corrected chi connectivity index (χ1v) is 2.29. The summed E-state index contributed by atoms with van der Waals surface area (Å²) in [7, 11) is 0. The van der Waals surface area contributed by atoms with Gasteiger partial charge >= 0.3 is 0 Å². The van der Waals surface area contributed by atoms with E-state index in [2.05, 4.69) is 15.0 Å². The monoisotopic (exact) mass is 120 g/mol. The highest BCUT2D eigenvalue weighted by Crippen LogP contribution is 2.15. The van der Waals surface area contributed by atoms with E-state index < -0.39 is 0 Å². The summed E-state index contributed by atoms with van der Waals surface area (Å²) < 4.78 is 0. The number of nitrogens with zero attached hydrogens (tertiary/aromatic N) is 3. The lowest BCUT2D eigenvalue weighted by Crippen LogP contribution is -1.90. The van der Waals surface area contributed by atoms with Gasteiger partial charge in [0.1, 0.15) is 0 Å². The van der Waals surface area contributed by atoms with Crippen molar-refractivity contribution in [2.75, 3.05) is 5.73 Å². The van der Waals surface area contributed by atoms with Crippen LogP contribution in [0.4, 0.5) is 11.5 Å². The van der Waals surface area contributed by atoms with Crippen LogP contribution in [0.5, 0.6) is 0 Å². The Labute approximate surface area is 52.1 Å². The van der Waals surface area contributed by atoms with E-state index >= 15 is 0 Å². The van der Waals surface area contributed by atoms with E-state index in [0.717, 1.165) is 0 Å². The van der Waals surface area contributed by atoms with Gasteiger partial charge in [-0.2, -0.15) is 5.10 Å². The average Bonchev–Trinajstić information content (AvgIpc) is 1.89. The highest BCUT2D eigenvalue weighted by atomic mass is 15.1. The van der Waals surface area contributed by atoms with Crippen molar-refractivity contribution in [3.05, 3.63) is 23.7 Å². The summed E-state index contributed by atoms with van der Waals surface area (Å²) in [6, 6.07) is 1.52. The minimum Gasteiger partial charge on any atom is -0.391 e. The highest BCUT2D eigenvalue weighted by molar-refractivity contribution is 5.60. The third-order valence-electron chi connectivity index (χ3n) is 0.847. The summed E-state index contributed by atoms with van der Waals surface area (Å²) in [6.45, 7) is 6.56. The molecule has 0 aliphatic heterocycles. The molecule has 4 nitrogen and oxygen atoms in total. The number of rotatable bonds is 0. The molecule has 0 aliphatic rings. The Kier molecular flexibility index (Phi) is 1.28. The predicted octanol–water partition coefficient (Wildman–Crippen LogP) is 0.610. The molecule has 0 fully saturated rings. The Morgan fingerprint density at radius 2 is 2.44 bits per heavy atom. The molecule has 0 aromatic carbocycles. The lowest BCUT2D eigenvalue weighted by molar-refractivity contribution is 1.05. The molecule has 0 saturated heterocycles. The van der Waals surface area contributed by atoms with Crippen molar-refractivity contribution in [3.63, 3.8) is 0 Å². The molecular formula is C5H4N4. The quantitative estimate of drug-likeness (QED) is 0.510. The van der Waals surface area contributed by atoms with Crippen LogP contribution in [0.15, 0.2) is 12.3 Å². The molecule has 0 saturated carbocycles. The first-order chi connectivity index (χ1) is 4.34. The van der Waals surface area contributed by atoms with Crippen molar-refractivity contribution in [1.29, 1.82) is 0 Å². The molecule has 0 bridgehead atoms. The smallest absolute Gasteiger partial charge is 0.231 e. The Balaban J connectivity index is 3.20. The largest absolute Gasteiger partial charge is 0.391 e. The van der Waals surface area contributed by atoms with Gasteiger partial charge in [0.2, 0.25) is 5.69 Å². The van der Waals surface area contributed by atoms with Crippen LogP contribution < -0.4 is 5.73 Å². The number of nitrogens with two attached hydrogens (primary N) is 1. The third-order valence-corrected chi connectivity index (χ3v) is 0.847. The van der Waals surface area contributed by atoms with Gasteiger partial charge < -0.3 is 5.73 Å². The van der Waals surface area contributed by atoms with Crippen molar-refractivity contribution in [2.45, 2.75) is 0 Å². The second kappa shape index (κ2) is 2.09. The van der Waals surface area contributed by atoms with Crippen molar-refractivity contribution in [1.82, 2.24) is 10.2 Å². The molecule has 2 N–H and O–H groups in total. The van der Waals surface area contributed by atoms with Gasteiger partial charge in [-0.3, -0.25) is 0 Å². The van der Waals surface area contributed by atoms with Crippen LogP contribution in [0, 0.1) is 6.57 Å². The molecule has 0 amide bonds. The van der Waals surface area contributed by atoms with Crippen LogP contribution in [0.1, 0.15) is 0 Å². The fraction of sp³-hybridized carbons (Fsp3) is 0. The molecule has 0 unspecified atom stereocenters. The van der Waals surface area contributed by atoms with Gasteiger partial charge in [-0.05, 0) is 6.07 Å². The molecule has 1 heterocycles.